The van der Waals surface area contributed by atoms with Crippen molar-refractivity contribution in [3.05, 3.63) is 34.9 Å². The van der Waals surface area contributed by atoms with Crippen LogP contribution in [0, 0.1) is 0 Å². The normalized spacial score (nSPS) is 18.8. The Morgan fingerprint density at radius 2 is 2.44 bits per heavy atom. The van der Waals surface area contributed by atoms with Gasteiger partial charge in [-0.15, -0.1) is 11.8 Å². The molecule has 1 aliphatic rings. The fourth-order valence-electron chi connectivity index (χ4n) is 1.88. The van der Waals surface area contributed by atoms with E-state index in [9.17, 15) is 4.79 Å². The number of halogens is 1. The number of carbonyl (C=O) groups excluding carboxylic acids is 1. The van der Waals surface area contributed by atoms with E-state index in [-0.39, 0.29) is 11.9 Å². The Morgan fingerprint density at radius 3 is 3.17 bits per heavy atom. The second-order valence-corrected chi connectivity index (χ2v) is 5.76. The molecule has 0 aliphatic carbocycles. The monoisotopic (exact) mass is 284 g/mol. The van der Waals surface area contributed by atoms with Gasteiger partial charge < -0.3 is 5.32 Å². The summed E-state index contributed by atoms with van der Waals surface area (Å²) >= 11 is 7.68. The molecule has 1 amide bonds. The molecular formula is C13H17ClN2OS. The highest BCUT2D eigenvalue weighted by Crippen LogP contribution is 2.12. The van der Waals surface area contributed by atoms with Gasteiger partial charge in [0.05, 0.1) is 6.04 Å². The number of benzene rings is 1. The molecule has 3 nitrogen and oxygen atoms in total. The lowest BCUT2D eigenvalue weighted by molar-refractivity contribution is -0.122. The van der Waals surface area contributed by atoms with Crippen LogP contribution in [0.2, 0.25) is 5.02 Å². The SMILES string of the molecule is O=C(NCCCc1cccc(Cl)c1)C1CSCN1. The van der Waals surface area contributed by atoms with Gasteiger partial charge in [-0.1, -0.05) is 23.7 Å². The van der Waals surface area contributed by atoms with Crippen molar-refractivity contribution in [2.24, 2.45) is 0 Å². The highest BCUT2D eigenvalue weighted by molar-refractivity contribution is 7.99. The van der Waals surface area contributed by atoms with Gasteiger partial charge in [-0.25, -0.2) is 0 Å². The molecule has 2 rings (SSSR count). The topological polar surface area (TPSA) is 41.1 Å². The fourth-order valence-corrected chi connectivity index (χ4v) is 3.04. The van der Waals surface area contributed by atoms with E-state index in [1.807, 2.05) is 18.2 Å². The molecule has 1 fully saturated rings. The molecule has 0 bridgehead atoms. The predicted octanol–water partition coefficient (Wildman–Crippen LogP) is 2.05. The first kappa shape index (κ1) is 13.7. The van der Waals surface area contributed by atoms with Gasteiger partial charge in [0.2, 0.25) is 5.91 Å². The van der Waals surface area contributed by atoms with Gasteiger partial charge in [0.1, 0.15) is 0 Å². The maximum Gasteiger partial charge on any atom is 0.238 e. The largest absolute Gasteiger partial charge is 0.355 e. The summed E-state index contributed by atoms with van der Waals surface area (Å²) in [6.07, 6.45) is 1.87. The lowest BCUT2D eigenvalue weighted by Gasteiger charge is -2.10. The van der Waals surface area contributed by atoms with Crippen molar-refractivity contribution in [3.63, 3.8) is 0 Å². The van der Waals surface area contributed by atoms with Crippen molar-refractivity contribution in [1.82, 2.24) is 10.6 Å². The minimum atomic E-state index is -0.0128. The molecule has 2 N–H and O–H groups in total. The van der Waals surface area contributed by atoms with Gasteiger partial charge in [-0.3, -0.25) is 10.1 Å². The number of rotatable bonds is 5. The number of amides is 1. The van der Waals surface area contributed by atoms with Crippen LogP contribution in [0.15, 0.2) is 24.3 Å². The number of hydrogen-bond donors (Lipinski definition) is 2. The Kier molecular flexibility index (Phi) is 5.35. The molecule has 1 saturated heterocycles. The molecule has 1 heterocycles. The Bertz CT molecular complexity index is 408. The number of nitrogens with one attached hydrogen (secondary N) is 2. The molecule has 5 heteroatoms. The first-order chi connectivity index (χ1) is 8.75. The summed E-state index contributed by atoms with van der Waals surface area (Å²) in [7, 11) is 0. The standard InChI is InChI=1S/C13H17ClN2OS/c14-11-5-1-3-10(7-11)4-2-6-15-13(17)12-8-18-9-16-12/h1,3,5,7,12,16H,2,4,6,8-9H2,(H,15,17). The maximum atomic E-state index is 11.7. The third-order valence-corrected chi connectivity index (χ3v) is 4.04. The molecule has 0 spiro atoms. The molecule has 1 aliphatic heterocycles. The van der Waals surface area contributed by atoms with E-state index >= 15 is 0 Å². The van der Waals surface area contributed by atoms with Crippen LogP contribution >= 0.6 is 23.4 Å². The molecule has 0 radical (unpaired) electrons. The smallest absolute Gasteiger partial charge is 0.238 e. The second-order valence-electron chi connectivity index (χ2n) is 4.30. The molecule has 1 unspecified atom stereocenters. The zero-order valence-corrected chi connectivity index (χ0v) is 11.7. The molecule has 18 heavy (non-hydrogen) atoms. The first-order valence-electron chi connectivity index (χ1n) is 6.09. The van der Waals surface area contributed by atoms with E-state index < -0.39 is 0 Å². The van der Waals surface area contributed by atoms with Crippen LogP contribution in [0.25, 0.3) is 0 Å². The average Bonchev–Trinajstić information content (AvgIpc) is 2.88. The summed E-state index contributed by atoms with van der Waals surface area (Å²) in [6.45, 7) is 0.716. The zero-order valence-electron chi connectivity index (χ0n) is 10.1. The highest BCUT2D eigenvalue weighted by Gasteiger charge is 2.21. The van der Waals surface area contributed by atoms with E-state index in [0.717, 1.165) is 29.5 Å². The zero-order chi connectivity index (χ0) is 12.8. The van der Waals surface area contributed by atoms with Crippen molar-refractivity contribution in [3.8, 4) is 0 Å². The van der Waals surface area contributed by atoms with E-state index in [1.165, 1.54) is 5.56 Å². The third kappa shape index (κ3) is 4.19. The summed E-state index contributed by atoms with van der Waals surface area (Å²) in [6, 6.07) is 7.84. The average molecular weight is 285 g/mol. The van der Waals surface area contributed by atoms with Crippen LogP contribution < -0.4 is 10.6 Å². The molecule has 0 aromatic heterocycles. The van der Waals surface area contributed by atoms with Crippen molar-refractivity contribution >= 4 is 29.3 Å². The Morgan fingerprint density at radius 1 is 1.56 bits per heavy atom. The molecule has 1 aromatic rings. The quantitative estimate of drug-likeness (QED) is 0.813. The third-order valence-electron chi connectivity index (χ3n) is 2.86. The minimum Gasteiger partial charge on any atom is -0.355 e. The van der Waals surface area contributed by atoms with Gasteiger partial charge in [-0.2, -0.15) is 0 Å². The summed E-state index contributed by atoms with van der Waals surface area (Å²) < 4.78 is 0. The predicted molar refractivity (Wildman–Crippen MR) is 77.0 cm³/mol. The van der Waals surface area contributed by atoms with Crippen LogP contribution in [0.5, 0.6) is 0 Å². The van der Waals surface area contributed by atoms with Crippen LogP contribution in [0.3, 0.4) is 0 Å². The van der Waals surface area contributed by atoms with Crippen LogP contribution in [0.1, 0.15) is 12.0 Å². The molecular weight excluding hydrogens is 268 g/mol. The van der Waals surface area contributed by atoms with Gasteiger partial charge in [0, 0.05) is 23.2 Å². The van der Waals surface area contributed by atoms with Crippen molar-refractivity contribution in [1.29, 1.82) is 0 Å². The van der Waals surface area contributed by atoms with Gasteiger partial charge >= 0.3 is 0 Å². The van der Waals surface area contributed by atoms with E-state index in [0.29, 0.717) is 6.54 Å². The minimum absolute atomic E-state index is 0.0128. The maximum absolute atomic E-state index is 11.7. The first-order valence-corrected chi connectivity index (χ1v) is 7.62. The Labute approximate surface area is 117 Å². The second kappa shape index (κ2) is 7.02. The summed E-state index contributed by atoms with van der Waals surface area (Å²) in [5.41, 5.74) is 1.21. The number of hydrogen-bond acceptors (Lipinski definition) is 3. The summed E-state index contributed by atoms with van der Waals surface area (Å²) in [5, 5.41) is 6.88. The Balaban J connectivity index is 1.65. The van der Waals surface area contributed by atoms with Crippen molar-refractivity contribution in [2.75, 3.05) is 18.2 Å². The lowest BCUT2D eigenvalue weighted by Crippen LogP contribution is -2.42. The van der Waals surface area contributed by atoms with Crippen molar-refractivity contribution < 1.29 is 4.79 Å². The van der Waals surface area contributed by atoms with E-state index in [4.69, 9.17) is 11.6 Å². The van der Waals surface area contributed by atoms with E-state index in [1.54, 1.807) is 11.8 Å². The van der Waals surface area contributed by atoms with Crippen LogP contribution in [-0.2, 0) is 11.2 Å². The number of aryl methyl sites for hydroxylation is 1. The molecule has 0 saturated carbocycles. The number of carbonyl (C=O) groups is 1. The van der Waals surface area contributed by atoms with Crippen LogP contribution in [0.4, 0.5) is 0 Å². The molecule has 98 valence electrons. The summed E-state index contributed by atoms with van der Waals surface area (Å²) in [5.74, 6) is 1.87. The van der Waals surface area contributed by atoms with Crippen molar-refractivity contribution in [2.45, 2.75) is 18.9 Å². The van der Waals surface area contributed by atoms with E-state index in [2.05, 4.69) is 16.7 Å². The van der Waals surface area contributed by atoms with Gasteiger partial charge in [-0.05, 0) is 30.5 Å². The fraction of sp³-hybridized carbons (Fsp3) is 0.462. The highest BCUT2D eigenvalue weighted by atomic mass is 35.5. The molecule has 1 aromatic carbocycles. The number of thioether (sulfide) groups is 1. The lowest BCUT2D eigenvalue weighted by atomic mass is 10.1. The molecule has 1 atom stereocenters. The summed E-state index contributed by atoms with van der Waals surface area (Å²) in [4.78, 5) is 11.7. The van der Waals surface area contributed by atoms with Crippen LogP contribution in [-0.4, -0.2) is 30.1 Å². The van der Waals surface area contributed by atoms with Gasteiger partial charge in [0.15, 0.2) is 0 Å². The van der Waals surface area contributed by atoms with Gasteiger partial charge in [0.25, 0.3) is 0 Å². The Hall–Kier alpha value is -0.710.